The van der Waals surface area contributed by atoms with Crippen LogP contribution in [-0.2, 0) is 9.53 Å². The number of hydrogen-bond acceptors (Lipinski definition) is 4. The minimum atomic E-state index is -0.556. The molecule has 0 aromatic heterocycles. The van der Waals surface area contributed by atoms with E-state index in [1.165, 1.54) is 17.1 Å². The molecule has 2 aromatic carbocycles. The summed E-state index contributed by atoms with van der Waals surface area (Å²) >= 11 is 0. The molecule has 6 heteroatoms. The Hall–Kier alpha value is -2.86. The summed E-state index contributed by atoms with van der Waals surface area (Å²) < 4.78 is 18.3. The fourth-order valence-electron chi connectivity index (χ4n) is 2.99. The third-order valence-corrected chi connectivity index (χ3v) is 4.36. The molecule has 5 nitrogen and oxygen atoms in total. The van der Waals surface area contributed by atoms with Crippen LogP contribution in [0, 0.1) is 11.7 Å². The molecular weight excluding hydrogens is 345 g/mol. The van der Waals surface area contributed by atoms with Gasteiger partial charge in [-0.15, -0.1) is 0 Å². The molecule has 27 heavy (non-hydrogen) atoms. The van der Waals surface area contributed by atoms with Crippen LogP contribution in [0.3, 0.4) is 0 Å². The SMILES string of the molecule is COCCCN=C(C)C1C(=O)N(c2ccc(F)cc2)N=C1c1ccccc1. The number of halogens is 1. The van der Waals surface area contributed by atoms with Gasteiger partial charge in [0.1, 0.15) is 11.7 Å². The number of ether oxygens (including phenoxy) is 1. The van der Waals surface area contributed by atoms with Crippen molar-refractivity contribution in [2.24, 2.45) is 16.0 Å². The van der Waals surface area contributed by atoms with E-state index in [-0.39, 0.29) is 11.7 Å². The van der Waals surface area contributed by atoms with Crippen molar-refractivity contribution < 1.29 is 13.9 Å². The lowest BCUT2D eigenvalue weighted by molar-refractivity contribution is -0.118. The van der Waals surface area contributed by atoms with Crippen LogP contribution in [0.15, 0.2) is 64.7 Å². The number of hydrazone groups is 1. The first-order valence-corrected chi connectivity index (χ1v) is 8.85. The predicted molar refractivity (Wildman–Crippen MR) is 105 cm³/mol. The third kappa shape index (κ3) is 4.28. The van der Waals surface area contributed by atoms with Gasteiger partial charge in [-0.3, -0.25) is 9.79 Å². The van der Waals surface area contributed by atoms with E-state index in [2.05, 4.69) is 10.1 Å². The quantitative estimate of drug-likeness (QED) is 0.554. The van der Waals surface area contributed by atoms with Crippen LogP contribution in [0.25, 0.3) is 0 Å². The van der Waals surface area contributed by atoms with Crippen LogP contribution in [0.2, 0.25) is 0 Å². The number of amides is 1. The van der Waals surface area contributed by atoms with E-state index in [1.54, 1.807) is 19.2 Å². The molecule has 1 aliphatic rings. The molecule has 0 aliphatic carbocycles. The van der Waals surface area contributed by atoms with E-state index in [0.717, 1.165) is 12.0 Å². The predicted octanol–water partition coefficient (Wildman–Crippen LogP) is 3.69. The molecule has 1 unspecified atom stereocenters. The molecule has 0 saturated heterocycles. The van der Waals surface area contributed by atoms with Gasteiger partial charge < -0.3 is 4.74 Å². The molecule has 1 heterocycles. The lowest BCUT2D eigenvalue weighted by atomic mass is 9.93. The highest BCUT2D eigenvalue weighted by Gasteiger charge is 2.39. The number of rotatable bonds is 7. The van der Waals surface area contributed by atoms with Gasteiger partial charge in [0.15, 0.2) is 0 Å². The Morgan fingerprint density at radius 3 is 2.56 bits per heavy atom. The van der Waals surface area contributed by atoms with Gasteiger partial charge in [-0.25, -0.2) is 4.39 Å². The molecule has 140 valence electrons. The van der Waals surface area contributed by atoms with Crippen molar-refractivity contribution in [3.05, 3.63) is 66.0 Å². The Kier molecular flexibility index (Phi) is 6.08. The summed E-state index contributed by atoms with van der Waals surface area (Å²) in [6.45, 7) is 3.06. The highest BCUT2D eigenvalue weighted by molar-refractivity contribution is 6.32. The van der Waals surface area contributed by atoms with Crippen LogP contribution in [-0.4, -0.2) is 37.6 Å². The standard InChI is InChI=1S/C21H22FN3O2/c1-15(23-13-6-14-27-2)19-20(16-7-4-3-5-8-16)24-25(21(19)26)18-11-9-17(22)10-12-18/h3-5,7-12,19H,6,13-14H2,1-2H3. The van der Waals surface area contributed by atoms with Crippen LogP contribution in [0.5, 0.6) is 0 Å². The fraction of sp³-hybridized carbons (Fsp3) is 0.286. The van der Waals surface area contributed by atoms with Crippen molar-refractivity contribution in [3.8, 4) is 0 Å². The van der Waals surface area contributed by atoms with Crippen molar-refractivity contribution in [2.75, 3.05) is 25.3 Å². The number of carbonyl (C=O) groups excluding carboxylic acids is 1. The van der Waals surface area contributed by atoms with E-state index in [0.29, 0.717) is 30.3 Å². The molecule has 0 fully saturated rings. The summed E-state index contributed by atoms with van der Waals surface area (Å²) in [5.41, 5.74) is 2.76. The first-order valence-electron chi connectivity index (χ1n) is 8.85. The molecule has 0 bridgehead atoms. The molecule has 2 aromatic rings. The maximum absolute atomic E-state index is 13.3. The Labute approximate surface area is 158 Å². The van der Waals surface area contributed by atoms with Crippen molar-refractivity contribution in [3.63, 3.8) is 0 Å². The zero-order valence-electron chi connectivity index (χ0n) is 15.4. The van der Waals surface area contributed by atoms with Gasteiger partial charge in [0.2, 0.25) is 0 Å². The summed E-state index contributed by atoms with van der Waals surface area (Å²) in [4.78, 5) is 17.7. The van der Waals surface area contributed by atoms with Crippen molar-refractivity contribution in [1.82, 2.24) is 0 Å². The van der Waals surface area contributed by atoms with E-state index in [4.69, 9.17) is 4.74 Å². The molecule has 0 radical (unpaired) electrons. The first kappa shape index (κ1) is 18.9. The maximum atomic E-state index is 13.3. The second-order valence-corrected chi connectivity index (χ2v) is 6.28. The van der Waals surface area contributed by atoms with Crippen LogP contribution in [0.4, 0.5) is 10.1 Å². The zero-order chi connectivity index (χ0) is 19.2. The highest BCUT2D eigenvalue weighted by atomic mass is 19.1. The van der Waals surface area contributed by atoms with Gasteiger partial charge in [0.25, 0.3) is 5.91 Å². The van der Waals surface area contributed by atoms with Crippen molar-refractivity contribution in [1.29, 1.82) is 0 Å². The average Bonchev–Trinajstić information content (AvgIpc) is 3.04. The molecule has 1 amide bonds. The number of methoxy groups -OCH3 is 1. The first-order chi connectivity index (χ1) is 13.1. The monoisotopic (exact) mass is 367 g/mol. The minimum Gasteiger partial charge on any atom is -0.385 e. The Balaban J connectivity index is 1.94. The van der Waals surface area contributed by atoms with Crippen LogP contribution >= 0.6 is 0 Å². The van der Waals surface area contributed by atoms with E-state index in [1.807, 2.05) is 37.3 Å². The minimum absolute atomic E-state index is 0.187. The second-order valence-electron chi connectivity index (χ2n) is 6.28. The maximum Gasteiger partial charge on any atom is 0.262 e. The summed E-state index contributed by atoms with van der Waals surface area (Å²) in [7, 11) is 1.65. The van der Waals surface area contributed by atoms with Crippen LogP contribution < -0.4 is 5.01 Å². The Morgan fingerprint density at radius 1 is 1.19 bits per heavy atom. The normalized spacial score (nSPS) is 17.4. The number of hydrogen-bond donors (Lipinski definition) is 0. The van der Waals surface area contributed by atoms with Gasteiger partial charge in [0.05, 0.1) is 11.4 Å². The number of aliphatic imine (C=N–C) groups is 1. The smallest absolute Gasteiger partial charge is 0.262 e. The number of benzene rings is 2. The summed E-state index contributed by atoms with van der Waals surface area (Å²) in [6.07, 6.45) is 0.786. The zero-order valence-corrected chi connectivity index (χ0v) is 15.4. The molecule has 1 atom stereocenters. The number of nitrogens with zero attached hydrogens (tertiary/aromatic N) is 3. The van der Waals surface area contributed by atoms with Crippen LogP contribution in [0.1, 0.15) is 18.9 Å². The highest BCUT2D eigenvalue weighted by Crippen LogP contribution is 2.28. The molecule has 3 rings (SSSR count). The Morgan fingerprint density at radius 2 is 1.89 bits per heavy atom. The number of carbonyl (C=O) groups is 1. The summed E-state index contributed by atoms with van der Waals surface area (Å²) in [5.74, 6) is -1.10. The summed E-state index contributed by atoms with van der Waals surface area (Å²) in [5, 5.41) is 5.89. The van der Waals surface area contributed by atoms with E-state index < -0.39 is 5.92 Å². The van der Waals surface area contributed by atoms with Crippen molar-refractivity contribution in [2.45, 2.75) is 13.3 Å². The lowest BCUT2D eigenvalue weighted by Crippen LogP contribution is -2.32. The van der Waals surface area contributed by atoms with Gasteiger partial charge in [-0.1, -0.05) is 30.3 Å². The average molecular weight is 367 g/mol. The van der Waals surface area contributed by atoms with Gasteiger partial charge in [-0.2, -0.15) is 10.1 Å². The van der Waals surface area contributed by atoms with Crippen molar-refractivity contribution >= 4 is 23.0 Å². The van der Waals surface area contributed by atoms with E-state index in [9.17, 15) is 9.18 Å². The molecule has 0 saturated carbocycles. The molecule has 1 aliphatic heterocycles. The molecular formula is C21H22FN3O2. The Bertz CT molecular complexity index is 847. The number of anilines is 1. The molecule has 0 spiro atoms. The molecule has 0 N–H and O–H groups in total. The van der Waals surface area contributed by atoms with Gasteiger partial charge >= 0.3 is 0 Å². The van der Waals surface area contributed by atoms with E-state index >= 15 is 0 Å². The lowest BCUT2D eigenvalue weighted by Gasteiger charge is -2.14. The fourth-order valence-corrected chi connectivity index (χ4v) is 2.99. The van der Waals surface area contributed by atoms with Gasteiger partial charge in [-0.05, 0) is 43.2 Å². The largest absolute Gasteiger partial charge is 0.385 e. The topological polar surface area (TPSA) is 54.3 Å². The third-order valence-electron chi connectivity index (χ3n) is 4.36. The second kappa shape index (κ2) is 8.68. The van der Waals surface area contributed by atoms with Gasteiger partial charge in [0, 0.05) is 26.0 Å². The summed E-state index contributed by atoms with van der Waals surface area (Å²) in [6, 6.07) is 15.3.